The molecule has 1 aromatic heterocycles. The number of esters is 1. The van der Waals surface area contributed by atoms with Crippen LogP contribution >= 0.6 is 0 Å². The van der Waals surface area contributed by atoms with Crippen molar-refractivity contribution in [3.05, 3.63) is 16.4 Å². The van der Waals surface area contributed by atoms with E-state index in [1.165, 1.54) is 11.8 Å². The van der Waals surface area contributed by atoms with Crippen LogP contribution in [-0.2, 0) is 16.1 Å². The van der Waals surface area contributed by atoms with Crippen LogP contribution in [0.5, 0.6) is 0 Å². The summed E-state index contributed by atoms with van der Waals surface area (Å²) in [6.07, 6.45) is 2.05. The van der Waals surface area contributed by atoms with Gasteiger partial charge >= 0.3 is 11.7 Å². The van der Waals surface area contributed by atoms with Gasteiger partial charge in [0.1, 0.15) is 11.9 Å². The molecule has 17 heavy (non-hydrogen) atoms. The van der Waals surface area contributed by atoms with Crippen LogP contribution in [0.15, 0.2) is 9.32 Å². The standard InChI is InChI=1S/C10H17N3O4/c1-7-12-10(15)17-13(7)6-4-3-5-8(11)9(14)16-2/h8H,3-6,11H2,1-2H3/t8-/m0/s1. The molecule has 0 saturated heterocycles. The number of nitrogens with zero attached hydrogens (tertiary/aromatic N) is 2. The van der Waals surface area contributed by atoms with E-state index in [1.807, 2.05) is 0 Å². The average molecular weight is 243 g/mol. The highest BCUT2D eigenvalue weighted by molar-refractivity contribution is 5.75. The van der Waals surface area contributed by atoms with Crippen molar-refractivity contribution in [2.45, 2.75) is 38.8 Å². The Morgan fingerprint density at radius 1 is 1.59 bits per heavy atom. The number of carbonyl (C=O) groups excluding carboxylic acids is 1. The highest BCUT2D eigenvalue weighted by Gasteiger charge is 2.12. The lowest BCUT2D eigenvalue weighted by molar-refractivity contribution is -0.142. The smallest absolute Gasteiger partial charge is 0.459 e. The molecule has 0 unspecified atom stereocenters. The van der Waals surface area contributed by atoms with Crippen LogP contribution in [0, 0.1) is 6.92 Å². The van der Waals surface area contributed by atoms with Crippen molar-refractivity contribution in [1.82, 2.24) is 9.72 Å². The number of hydrogen-bond donors (Lipinski definition) is 1. The molecule has 0 bridgehead atoms. The Hall–Kier alpha value is -1.63. The first-order valence-corrected chi connectivity index (χ1v) is 5.42. The largest absolute Gasteiger partial charge is 0.468 e. The van der Waals surface area contributed by atoms with Crippen LogP contribution in [0.25, 0.3) is 0 Å². The molecule has 0 aromatic carbocycles. The zero-order valence-corrected chi connectivity index (χ0v) is 10.0. The number of methoxy groups -OCH3 is 1. The van der Waals surface area contributed by atoms with Crippen molar-refractivity contribution >= 4 is 5.97 Å². The summed E-state index contributed by atoms with van der Waals surface area (Å²) in [5.41, 5.74) is 5.57. The second kappa shape index (κ2) is 6.19. The van der Waals surface area contributed by atoms with Gasteiger partial charge in [-0.25, -0.2) is 4.79 Å². The maximum absolute atomic E-state index is 11.0. The Morgan fingerprint density at radius 3 is 2.82 bits per heavy atom. The van der Waals surface area contributed by atoms with E-state index in [0.29, 0.717) is 18.8 Å². The van der Waals surface area contributed by atoms with Gasteiger partial charge in [0.2, 0.25) is 0 Å². The average Bonchev–Trinajstić information content (AvgIpc) is 2.62. The Morgan fingerprint density at radius 2 is 2.29 bits per heavy atom. The van der Waals surface area contributed by atoms with E-state index in [-0.39, 0.29) is 0 Å². The van der Waals surface area contributed by atoms with Gasteiger partial charge in [-0.15, -0.1) is 0 Å². The van der Waals surface area contributed by atoms with Gasteiger partial charge in [0, 0.05) is 0 Å². The quantitative estimate of drug-likeness (QED) is 0.549. The van der Waals surface area contributed by atoms with Crippen molar-refractivity contribution in [3.8, 4) is 0 Å². The second-order valence-electron chi connectivity index (χ2n) is 3.74. The fraction of sp³-hybridized carbons (Fsp3) is 0.700. The van der Waals surface area contributed by atoms with Crippen molar-refractivity contribution in [2.75, 3.05) is 7.11 Å². The number of hydrogen-bond acceptors (Lipinski definition) is 6. The van der Waals surface area contributed by atoms with Gasteiger partial charge in [0.15, 0.2) is 0 Å². The van der Waals surface area contributed by atoms with Crippen molar-refractivity contribution in [3.63, 3.8) is 0 Å². The summed E-state index contributed by atoms with van der Waals surface area (Å²) in [6.45, 7) is 2.25. The number of aromatic nitrogens is 2. The third-order valence-electron chi connectivity index (χ3n) is 2.43. The molecule has 7 heteroatoms. The van der Waals surface area contributed by atoms with Gasteiger partial charge in [-0.3, -0.25) is 4.79 Å². The van der Waals surface area contributed by atoms with Gasteiger partial charge in [0.25, 0.3) is 0 Å². The van der Waals surface area contributed by atoms with E-state index >= 15 is 0 Å². The summed E-state index contributed by atoms with van der Waals surface area (Å²) in [6, 6.07) is -0.587. The summed E-state index contributed by atoms with van der Waals surface area (Å²) >= 11 is 0. The van der Waals surface area contributed by atoms with E-state index in [4.69, 9.17) is 10.3 Å². The molecule has 1 atom stereocenters. The molecule has 1 aromatic rings. The number of ether oxygens (including phenoxy) is 1. The molecule has 1 heterocycles. The first-order valence-electron chi connectivity index (χ1n) is 5.42. The minimum Gasteiger partial charge on any atom is -0.468 e. The molecule has 0 spiro atoms. The summed E-state index contributed by atoms with van der Waals surface area (Å²) < 4.78 is 10.8. The maximum Gasteiger partial charge on any atom is 0.459 e. The van der Waals surface area contributed by atoms with Crippen molar-refractivity contribution < 1.29 is 14.1 Å². The van der Waals surface area contributed by atoms with Crippen molar-refractivity contribution in [2.24, 2.45) is 5.73 Å². The van der Waals surface area contributed by atoms with Gasteiger partial charge in [-0.05, 0) is 26.2 Å². The van der Waals surface area contributed by atoms with Crippen molar-refractivity contribution in [1.29, 1.82) is 0 Å². The predicted molar refractivity (Wildman–Crippen MR) is 59.3 cm³/mol. The Balaban J connectivity index is 2.27. The number of rotatable bonds is 6. The molecule has 7 nitrogen and oxygen atoms in total. The van der Waals surface area contributed by atoms with E-state index in [1.54, 1.807) is 6.92 Å². The molecule has 96 valence electrons. The summed E-state index contributed by atoms with van der Waals surface area (Å²) in [7, 11) is 1.31. The zero-order chi connectivity index (χ0) is 12.8. The van der Waals surface area contributed by atoms with Gasteiger partial charge in [-0.1, -0.05) is 0 Å². The lowest BCUT2D eigenvalue weighted by Crippen LogP contribution is -2.31. The van der Waals surface area contributed by atoms with Crippen LogP contribution in [-0.4, -0.2) is 28.8 Å². The van der Waals surface area contributed by atoms with E-state index in [2.05, 4.69) is 9.72 Å². The normalized spacial score (nSPS) is 12.4. The predicted octanol–water partition coefficient (Wildman–Crippen LogP) is -0.185. The van der Waals surface area contributed by atoms with Crippen LogP contribution < -0.4 is 11.5 Å². The summed E-state index contributed by atoms with van der Waals surface area (Å²) in [4.78, 5) is 25.4. The minimum atomic E-state index is -0.589. The summed E-state index contributed by atoms with van der Waals surface area (Å²) in [5.74, 6) is -0.448. The lowest BCUT2D eigenvalue weighted by atomic mass is 10.1. The zero-order valence-electron chi connectivity index (χ0n) is 10.0. The highest BCUT2D eigenvalue weighted by Crippen LogP contribution is 2.03. The van der Waals surface area contributed by atoms with E-state index in [9.17, 15) is 9.59 Å². The first-order chi connectivity index (χ1) is 8.04. The Bertz CT molecular complexity index is 423. The summed E-state index contributed by atoms with van der Waals surface area (Å²) in [5, 5.41) is 0. The molecular formula is C10H17N3O4. The topological polar surface area (TPSA) is 100 Å². The lowest BCUT2D eigenvalue weighted by Gasteiger charge is -2.08. The third kappa shape index (κ3) is 4.03. The molecule has 0 fully saturated rings. The Kier molecular flexibility index (Phi) is 4.89. The van der Waals surface area contributed by atoms with Gasteiger partial charge in [0.05, 0.1) is 13.7 Å². The molecule has 0 aliphatic heterocycles. The highest BCUT2D eigenvalue weighted by atomic mass is 16.5. The third-order valence-corrected chi connectivity index (χ3v) is 2.43. The first kappa shape index (κ1) is 13.4. The van der Waals surface area contributed by atoms with E-state index < -0.39 is 17.8 Å². The number of nitrogens with two attached hydrogens (primary N) is 1. The van der Waals surface area contributed by atoms with Crippen LogP contribution in [0.1, 0.15) is 25.1 Å². The maximum atomic E-state index is 11.0. The second-order valence-corrected chi connectivity index (χ2v) is 3.74. The minimum absolute atomic E-state index is 0.407. The SMILES string of the molecule is COC(=O)[C@@H](N)CCCCn1oc(=O)nc1C. The Labute approximate surface area is 98.5 Å². The van der Waals surface area contributed by atoms with Gasteiger partial charge < -0.3 is 15.0 Å². The van der Waals surface area contributed by atoms with Crippen LogP contribution in [0.2, 0.25) is 0 Å². The monoisotopic (exact) mass is 243 g/mol. The number of aryl methyl sites for hydroxylation is 2. The fourth-order valence-electron chi connectivity index (χ4n) is 1.46. The van der Waals surface area contributed by atoms with Crippen LogP contribution in [0.3, 0.4) is 0 Å². The molecule has 0 aliphatic carbocycles. The molecular weight excluding hydrogens is 226 g/mol. The van der Waals surface area contributed by atoms with E-state index in [0.717, 1.165) is 12.8 Å². The fourth-order valence-corrected chi connectivity index (χ4v) is 1.46. The molecule has 0 amide bonds. The number of unbranched alkanes of at least 4 members (excludes halogenated alkanes) is 1. The molecule has 0 radical (unpaired) electrons. The molecule has 0 aliphatic rings. The molecule has 0 saturated carbocycles. The number of carbonyl (C=O) groups is 1. The molecule has 2 N–H and O–H groups in total. The molecule has 1 rings (SSSR count). The van der Waals surface area contributed by atoms with Crippen LogP contribution in [0.4, 0.5) is 0 Å². The van der Waals surface area contributed by atoms with Gasteiger partial charge in [-0.2, -0.15) is 9.72 Å².